The predicted molar refractivity (Wildman–Crippen MR) is 81.1 cm³/mol. The maximum atomic E-state index is 5.14. The molecule has 0 fully saturated rings. The van der Waals surface area contributed by atoms with E-state index in [1.807, 2.05) is 30.3 Å². The van der Waals surface area contributed by atoms with Crippen molar-refractivity contribution >= 4 is 11.6 Å². The molecule has 2 aromatic rings. The van der Waals surface area contributed by atoms with Crippen LogP contribution in [0, 0.1) is 0 Å². The van der Waals surface area contributed by atoms with Gasteiger partial charge in [0.15, 0.2) is 0 Å². The van der Waals surface area contributed by atoms with E-state index in [4.69, 9.17) is 4.74 Å². The van der Waals surface area contributed by atoms with Gasteiger partial charge in [-0.3, -0.25) is 0 Å². The van der Waals surface area contributed by atoms with Gasteiger partial charge in [-0.1, -0.05) is 12.1 Å². The van der Waals surface area contributed by atoms with Crippen LogP contribution in [-0.4, -0.2) is 23.1 Å². The molecule has 1 aromatic heterocycles. The molecule has 2 rings (SSSR count). The van der Waals surface area contributed by atoms with Crippen molar-refractivity contribution in [2.24, 2.45) is 0 Å². The molecule has 1 heterocycles. The second kappa shape index (κ2) is 6.75. The largest absolute Gasteiger partial charge is 0.497 e. The number of anilines is 2. The molecule has 0 aliphatic heterocycles. The lowest BCUT2D eigenvalue weighted by Crippen LogP contribution is -2.11. The summed E-state index contributed by atoms with van der Waals surface area (Å²) in [6.45, 7) is 4.86. The Kier molecular flexibility index (Phi) is 4.76. The lowest BCUT2D eigenvalue weighted by atomic mass is 10.2. The molecule has 0 bridgehead atoms. The summed E-state index contributed by atoms with van der Waals surface area (Å²) in [4.78, 5) is 8.39. The van der Waals surface area contributed by atoms with Crippen molar-refractivity contribution in [3.05, 3.63) is 42.2 Å². The molecule has 0 spiro atoms. The number of hydrogen-bond donors (Lipinski definition) is 2. The number of benzene rings is 1. The van der Waals surface area contributed by atoms with Crippen LogP contribution < -0.4 is 15.4 Å². The Morgan fingerprint density at radius 1 is 1.10 bits per heavy atom. The topological polar surface area (TPSA) is 59.1 Å². The smallest absolute Gasteiger partial charge is 0.131 e. The molecule has 106 valence electrons. The van der Waals surface area contributed by atoms with Crippen LogP contribution in [0.2, 0.25) is 0 Å². The highest BCUT2D eigenvalue weighted by Gasteiger charge is 2.00. The molecule has 0 saturated carbocycles. The fourth-order valence-electron chi connectivity index (χ4n) is 1.76. The first-order chi connectivity index (χ1) is 9.67. The van der Waals surface area contributed by atoms with E-state index in [9.17, 15) is 0 Å². The molecule has 0 radical (unpaired) electrons. The first kappa shape index (κ1) is 14.1. The Morgan fingerprint density at radius 3 is 2.45 bits per heavy atom. The molecule has 5 heteroatoms. The van der Waals surface area contributed by atoms with Gasteiger partial charge in [0, 0.05) is 18.7 Å². The average Bonchev–Trinajstić information content (AvgIpc) is 2.45. The molecule has 0 atom stereocenters. The molecule has 0 amide bonds. The van der Waals surface area contributed by atoms with Crippen molar-refractivity contribution in [1.29, 1.82) is 0 Å². The molecule has 0 aliphatic carbocycles. The third-order valence-corrected chi connectivity index (χ3v) is 2.74. The van der Waals surface area contributed by atoms with Gasteiger partial charge in [-0.2, -0.15) is 0 Å². The zero-order valence-corrected chi connectivity index (χ0v) is 12.1. The highest BCUT2D eigenvalue weighted by atomic mass is 16.5. The quantitative estimate of drug-likeness (QED) is 0.846. The first-order valence-electron chi connectivity index (χ1n) is 6.63. The number of nitrogens with one attached hydrogen (secondary N) is 2. The van der Waals surface area contributed by atoms with Gasteiger partial charge < -0.3 is 15.4 Å². The number of methoxy groups -OCH3 is 1. The van der Waals surface area contributed by atoms with E-state index in [1.165, 1.54) is 5.56 Å². The molecule has 0 saturated heterocycles. The van der Waals surface area contributed by atoms with E-state index in [0.29, 0.717) is 12.6 Å². The van der Waals surface area contributed by atoms with Crippen LogP contribution in [-0.2, 0) is 6.54 Å². The number of rotatable bonds is 6. The Hall–Kier alpha value is -2.30. The van der Waals surface area contributed by atoms with Gasteiger partial charge in [0.1, 0.15) is 23.7 Å². The van der Waals surface area contributed by atoms with Crippen LogP contribution in [0.1, 0.15) is 19.4 Å². The van der Waals surface area contributed by atoms with E-state index in [-0.39, 0.29) is 0 Å². The lowest BCUT2D eigenvalue weighted by molar-refractivity contribution is 0.414. The van der Waals surface area contributed by atoms with Gasteiger partial charge in [-0.15, -0.1) is 0 Å². The summed E-state index contributed by atoms with van der Waals surface area (Å²) in [5.41, 5.74) is 1.17. The Morgan fingerprint density at radius 2 is 1.80 bits per heavy atom. The molecular weight excluding hydrogens is 252 g/mol. The van der Waals surface area contributed by atoms with Crippen molar-refractivity contribution in [2.45, 2.75) is 26.4 Å². The zero-order chi connectivity index (χ0) is 14.4. The normalized spacial score (nSPS) is 10.4. The Bertz CT molecular complexity index is 540. The standard InChI is InChI=1S/C15H20N4O/c1-11(2)19-15-8-14(17-10-18-15)16-9-12-4-6-13(20-3)7-5-12/h4-8,10-11H,9H2,1-3H3,(H2,16,17,18,19). The highest BCUT2D eigenvalue weighted by Crippen LogP contribution is 2.14. The fourth-order valence-corrected chi connectivity index (χ4v) is 1.76. The Balaban J connectivity index is 1.95. The van der Waals surface area contributed by atoms with Crippen LogP contribution in [0.25, 0.3) is 0 Å². The third-order valence-electron chi connectivity index (χ3n) is 2.74. The second-order valence-electron chi connectivity index (χ2n) is 4.79. The van der Waals surface area contributed by atoms with E-state index in [0.717, 1.165) is 17.4 Å². The predicted octanol–water partition coefficient (Wildman–Crippen LogP) is 2.92. The Labute approximate surface area is 119 Å². The lowest BCUT2D eigenvalue weighted by Gasteiger charge is -2.11. The van der Waals surface area contributed by atoms with Gasteiger partial charge >= 0.3 is 0 Å². The minimum atomic E-state index is 0.347. The fraction of sp³-hybridized carbons (Fsp3) is 0.333. The molecule has 2 N–H and O–H groups in total. The number of aromatic nitrogens is 2. The van der Waals surface area contributed by atoms with Gasteiger partial charge in [0.2, 0.25) is 0 Å². The van der Waals surface area contributed by atoms with Crippen LogP contribution in [0.4, 0.5) is 11.6 Å². The van der Waals surface area contributed by atoms with Crippen LogP contribution in [0.15, 0.2) is 36.7 Å². The van der Waals surface area contributed by atoms with Gasteiger partial charge in [-0.25, -0.2) is 9.97 Å². The third kappa shape index (κ3) is 4.12. The number of ether oxygens (including phenoxy) is 1. The zero-order valence-electron chi connectivity index (χ0n) is 12.1. The molecule has 20 heavy (non-hydrogen) atoms. The highest BCUT2D eigenvalue weighted by molar-refractivity contribution is 5.47. The van der Waals surface area contributed by atoms with E-state index in [2.05, 4.69) is 34.4 Å². The summed E-state index contributed by atoms with van der Waals surface area (Å²) in [6.07, 6.45) is 1.56. The molecule has 1 aromatic carbocycles. The maximum Gasteiger partial charge on any atom is 0.131 e. The first-order valence-corrected chi connectivity index (χ1v) is 6.63. The van der Waals surface area contributed by atoms with Crippen molar-refractivity contribution in [3.63, 3.8) is 0 Å². The molecule has 0 aliphatic rings. The monoisotopic (exact) mass is 272 g/mol. The minimum Gasteiger partial charge on any atom is -0.497 e. The SMILES string of the molecule is COc1ccc(CNc2cc(NC(C)C)ncn2)cc1. The maximum absolute atomic E-state index is 5.14. The summed E-state index contributed by atoms with van der Waals surface area (Å²) in [7, 11) is 1.66. The summed E-state index contributed by atoms with van der Waals surface area (Å²) >= 11 is 0. The van der Waals surface area contributed by atoms with E-state index >= 15 is 0 Å². The number of nitrogens with zero attached hydrogens (tertiary/aromatic N) is 2. The molecular formula is C15H20N4O. The van der Waals surface area contributed by atoms with Crippen molar-refractivity contribution in [1.82, 2.24) is 9.97 Å². The van der Waals surface area contributed by atoms with E-state index < -0.39 is 0 Å². The van der Waals surface area contributed by atoms with E-state index in [1.54, 1.807) is 13.4 Å². The van der Waals surface area contributed by atoms with Gasteiger partial charge in [0.05, 0.1) is 7.11 Å². The summed E-state index contributed by atoms with van der Waals surface area (Å²) in [5, 5.41) is 6.53. The van der Waals surface area contributed by atoms with Crippen molar-refractivity contribution < 1.29 is 4.74 Å². The molecule has 5 nitrogen and oxygen atoms in total. The van der Waals surface area contributed by atoms with Gasteiger partial charge in [-0.05, 0) is 31.5 Å². The number of hydrogen-bond acceptors (Lipinski definition) is 5. The minimum absolute atomic E-state index is 0.347. The van der Waals surface area contributed by atoms with Crippen LogP contribution in [0.5, 0.6) is 5.75 Å². The molecule has 0 unspecified atom stereocenters. The van der Waals surface area contributed by atoms with Crippen LogP contribution in [0.3, 0.4) is 0 Å². The second-order valence-corrected chi connectivity index (χ2v) is 4.79. The average molecular weight is 272 g/mol. The summed E-state index contributed by atoms with van der Waals surface area (Å²) in [6, 6.07) is 10.2. The summed E-state index contributed by atoms with van der Waals surface area (Å²) < 4.78 is 5.14. The van der Waals surface area contributed by atoms with Crippen molar-refractivity contribution in [3.8, 4) is 5.75 Å². The van der Waals surface area contributed by atoms with Crippen molar-refractivity contribution in [2.75, 3.05) is 17.7 Å². The van der Waals surface area contributed by atoms with Crippen LogP contribution >= 0.6 is 0 Å². The van der Waals surface area contributed by atoms with Gasteiger partial charge in [0.25, 0.3) is 0 Å². The summed E-state index contributed by atoms with van der Waals surface area (Å²) in [5.74, 6) is 2.49.